The molecule has 22 heavy (non-hydrogen) atoms. The molecule has 7 heteroatoms. The van der Waals surface area contributed by atoms with Crippen LogP contribution in [0, 0.1) is 0 Å². The molecule has 3 aromatic rings. The predicted molar refractivity (Wildman–Crippen MR) is 81.8 cm³/mol. The fourth-order valence-corrected chi connectivity index (χ4v) is 2.84. The van der Waals surface area contributed by atoms with Gasteiger partial charge in [0.25, 0.3) is 0 Å². The third-order valence-corrected chi connectivity index (χ3v) is 4.28. The largest absolute Gasteiger partial charge is 0.454 e. The van der Waals surface area contributed by atoms with Crippen LogP contribution in [0.2, 0.25) is 0 Å². The Bertz CT molecular complexity index is 850. The fourth-order valence-electron chi connectivity index (χ4n) is 2.21. The molecule has 0 aliphatic rings. The lowest BCUT2D eigenvalue weighted by Crippen LogP contribution is -2.27. The number of carbonyl (C=O) groups excluding carboxylic acids is 1. The highest BCUT2D eigenvalue weighted by Crippen LogP contribution is 2.23. The Morgan fingerprint density at radius 1 is 1.36 bits per heavy atom. The Hall–Kier alpha value is -2.41. The first-order valence-electron chi connectivity index (χ1n) is 6.78. The van der Waals surface area contributed by atoms with Gasteiger partial charge in [0, 0.05) is 11.6 Å². The molecular formula is C15H14N2O4S. The number of hydrogen-bond acceptors (Lipinski definition) is 6. The average molecular weight is 318 g/mol. The van der Waals surface area contributed by atoms with Crippen molar-refractivity contribution in [2.45, 2.75) is 26.0 Å². The van der Waals surface area contributed by atoms with E-state index in [2.05, 4.69) is 4.98 Å². The summed E-state index contributed by atoms with van der Waals surface area (Å²) >= 11 is 1.41. The molecule has 1 aromatic carbocycles. The van der Waals surface area contributed by atoms with Crippen LogP contribution >= 0.6 is 11.3 Å². The third-order valence-electron chi connectivity index (χ3n) is 3.34. The Morgan fingerprint density at radius 3 is 2.86 bits per heavy atom. The van der Waals surface area contributed by atoms with Gasteiger partial charge in [0.15, 0.2) is 11.7 Å². The first kappa shape index (κ1) is 14.5. The second-order valence-corrected chi connectivity index (χ2v) is 5.76. The van der Waals surface area contributed by atoms with Crippen LogP contribution in [-0.4, -0.2) is 15.5 Å². The molecule has 0 N–H and O–H groups in total. The second-order valence-electron chi connectivity index (χ2n) is 4.83. The number of oxazole rings is 1. The summed E-state index contributed by atoms with van der Waals surface area (Å²) < 4.78 is 11.8. The van der Waals surface area contributed by atoms with E-state index in [-0.39, 0.29) is 0 Å². The Morgan fingerprint density at radius 2 is 2.14 bits per heavy atom. The van der Waals surface area contributed by atoms with Crippen LogP contribution in [0.1, 0.15) is 31.0 Å². The number of esters is 1. The molecule has 2 atom stereocenters. The third kappa shape index (κ3) is 2.55. The van der Waals surface area contributed by atoms with Crippen LogP contribution in [0.4, 0.5) is 0 Å². The summed E-state index contributed by atoms with van der Waals surface area (Å²) in [6.45, 7) is 3.36. The van der Waals surface area contributed by atoms with Gasteiger partial charge in [-0.2, -0.15) is 0 Å². The Labute approximate surface area is 130 Å². The molecule has 2 heterocycles. The fraction of sp³-hybridized carbons (Fsp3) is 0.267. The number of aromatic nitrogens is 2. The number of benzene rings is 1. The first-order valence-corrected chi connectivity index (χ1v) is 7.66. The maximum Gasteiger partial charge on any atom is 0.420 e. The quantitative estimate of drug-likeness (QED) is 0.691. The molecule has 0 aliphatic heterocycles. The van der Waals surface area contributed by atoms with Gasteiger partial charge in [-0.25, -0.2) is 14.6 Å². The minimum atomic E-state index is -0.779. The summed E-state index contributed by atoms with van der Waals surface area (Å²) in [5.74, 6) is -1.08. The maximum atomic E-state index is 12.3. The molecule has 2 aromatic heterocycles. The molecule has 6 nitrogen and oxygen atoms in total. The zero-order chi connectivity index (χ0) is 15.7. The number of rotatable bonds is 4. The standard InChI is InChI=1S/C15H14N2O4S/c1-9(14(18)20-10(2)13-16-7-8-22-13)17-11-5-3-4-6-12(11)21-15(17)19/h3-10H,1-2H3. The number of para-hydroxylation sites is 2. The van der Waals surface area contributed by atoms with E-state index in [9.17, 15) is 9.59 Å². The summed E-state index contributed by atoms with van der Waals surface area (Å²) in [6, 6.07) is 6.18. The average Bonchev–Trinajstić information content (AvgIpc) is 3.13. The van der Waals surface area contributed by atoms with Crippen LogP contribution < -0.4 is 5.76 Å². The molecule has 0 saturated carbocycles. The van der Waals surface area contributed by atoms with Crippen molar-refractivity contribution in [3.63, 3.8) is 0 Å². The number of nitrogens with zero attached hydrogens (tertiary/aromatic N) is 2. The van der Waals surface area contributed by atoms with E-state index < -0.39 is 23.9 Å². The second kappa shape index (κ2) is 5.76. The molecule has 3 rings (SSSR count). The lowest BCUT2D eigenvalue weighted by atomic mass is 10.3. The summed E-state index contributed by atoms with van der Waals surface area (Å²) in [7, 11) is 0. The van der Waals surface area contributed by atoms with E-state index in [4.69, 9.17) is 9.15 Å². The van der Waals surface area contributed by atoms with E-state index in [1.807, 2.05) is 5.38 Å². The van der Waals surface area contributed by atoms with Crippen molar-refractivity contribution < 1.29 is 13.9 Å². The van der Waals surface area contributed by atoms with Gasteiger partial charge in [0.2, 0.25) is 0 Å². The van der Waals surface area contributed by atoms with E-state index in [0.717, 1.165) is 0 Å². The normalized spacial score (nSPS) is 13.9. The number of carbonyl (C=O) groups is 1. The van der Waals surface area contributed by atoms with Gasteiger partial charge in [-0.05, 0) is 26.0 Å². The maximum absolute atomic E-state index is 12.3. The van der Waals surface area contributed by atoms with Gasteiger partial charge < -0.3 is 9.15 Å². The van der Waals surface area contributed by atoms with Crippen LogP contribution in [0.5, 0.6) is 0 Å². The van der Waals surface area contributed by atoms with Gasteiger partial charge >= 0.3 is 11.7 Å². The van der Waals surface area contributed by atoms with Crippen molar-refractivity contribution in [3.8, 4) is 0 Å². The smallest absolute Gasteiger partial charge is 0.420 e. The van der Waals surface area contributed by atoms with E-state index in [0.29, 0.717) is 16.1 Å². The summed E-state index contributed by atoms with van der Waals surface area (Å²) in [6.07, 6.45) is 1.20. The monoisotopic (exact) mass is 318 g/mol. The van der Waals surface area contributed by atoms with E-state index in [1.165, 1.54) is 15.9 Å². The van der Waals surface area contributed by atoms with Crippen LogP contribution in [0.3, 0.4) is 0 Å². The summed E-state index contributed by atoms with van der Waals surface area (Å²) in [5, 5.41) is 2.53. The highest BCUT2D eigenvalue weighted by molar-refractivity contribution is 7.09. The molecule has 0 amide bonds. The Balaban J connectivity index is 1.86. The minimum absolute atomic E-state index is 0.445. The van der Waals surface area contributed by atoms with Crippen molar-refractivity contribution >= 4 is 28.4 Å². The van der Waals surface area contributed by atoms with Gasteiger partial charge in [0.05, 0.1) is 5.52 Å². The van der Waals surface area contributed by atoms with Crippen molar-refractivity contribution in [1.82, 2.24) is 9.55 Å². The van der Waals surface area contributed by atoms with Crippen molar-refractivity contribution in [2.24, 2.45) is 0 Å². The summed E-state index contributed by atoms with van der Waals surface area (Å²) in [5.41, 5.74) is 1.01. The van der Waals surface area contributed by atoms with Crippen LogP contribution in [0.15, 0.2) is 45.1 Å². The van der Waals surface area contributed by atoms with Gasteiger partial charge in [-0.15, -0.1) is 11.3 Å². The van der Waals surface area contributed by atoms with Crippen molar-refractivity contribution in [3.05, 3.63) is 51.4 Å². The minimum Gasteiger partial charge on any atom is -0.454 e. The number of ether oxygens (including phenoxy) is 1. The van der Waals surface area contributed by atoms with Gasteiger partial charge in [-0.1, -0.05) is 12.1 Å². The highest BCUT2D eigenvalue weighted by atomic mass is 32.1. The molecule has 0 aliphatic carbocycles. The van der Waals surface area contributed by atoms with Crippen LogP contribution in [0.25, 0.3) is 11.1 Å². The van der Waals surface area contributed by atoms with E-state index in [1.54, 1.807) is 44.3 Å². The number of fused-ring (bicyclic) bond motifs is 1. The highest BCUT2D eigenvalue weighted by Gasteiger charge is 2.25. The lowest BCUT2D eigenvalue weighted by molar-refractivity contribution is -0.152. The zero-order valence-corrected chi connectivity index (χ0v) is 12.9. The molecule has 0 spiro atoms. The molecule has 0 fully saturated rings. The molecule has 114 valence electrons. The van der Waals surface area contributed by atoms with Crippen LogP contribution in [-0.2, 0) is 9.53 Å². The Kier molecular flexibility index (Phi) is 3.81. The topological polar surface area (TPSA) is 74.3 Å². The van der Waals surface area contributed by atoms with Crippen molar-refractivity contribution in [2.75, 3.05) is 0 Å². The van der Waals surface area contributed by atoms with E-state index >= 15 is 0 Å². The van der Waals surface area contributed by atoms with Gasteiger partial charge in [-0.3, -0.25) is 4.57 Å². The predicted octanol–water partition coefficient (Wildman–Crippen LogP) is 2.92. The molecule has 0 radical (unpaired) electrons. The lowest BCUT2D eigenvalue weighted by Gasteiger charge is -2.15. The SMILES string of the molecule is CC(OC(=O)C(C)n1c(=O)oc2ccccc21)c1nccs1. The number of thiazole rings is 1. The van der Waals surface area contributed by atoms with Crippen molar-refractivity contribution in [1.29, 1.82) is 0 Å². The summed E-state index contributed by atoms with van der Waals surface area (Å²) in [4.78, 5) is 28.4. The molecular weight excluding hydrogens is 304 g/mol. The molecule has 0 saturated heterocycles. The van der Waals surface area contributed by atoms with Gasteiger partial charge in [0.1, 0.15) is 11.0 Å². The zero-order valence-electron chi connectivity index (χ0n) is 12.1. The first-order chi connectivity index (χ1) is 10.6. The molecule has 2 unspecified atom stereocenters. The number of hydrogen-bond donors (Lipinski definition) is 0. The molecule has 0 bridgehead atoms.